The fraction of sp³-hybridized carbons (Fsp3) is 1.00. The van der Waals surface area contributed by atoms with Gasteiger partial charge in [0, 0.05) is 9.17 Å². The molecule has 0 aliphatic rings. The van der Waals surface area contributed by atoms with Gasteiger partial charge in [-0.3, -0.25) is 0 Å². The van der Waals surface area contributed by atoms with Crippen molar-refractivity contribution in [1.82, 2.24) is 0 Å². The second kappa shape index (κ2) is 23.4. The van der Waals surface area contributed by atoms with Crippen LogP contribution in [0.1, 0.15) is 0 Å². The number of hydrogen-bond acceptors (Lipinski definition) is 6. The molecular weight excluding hydrogens is 218 g/mol. The van der Waals surface area contributed by atoms with E-state index in [0.717, 1.165) is 0 Å². The number of ether oxygens (including phenoxy) is 1. The summed E-state index contributed by atoms with van der Waals surface area (Å²) < 4.78 is 13.2. The van der Waals surface area contributed by atoms with E-state index in [4.69, 9.17) is 24.3 Å². The average molecular weight is 228 g/mol. The Morgan fingerprint density at radius 1 is 1.08 bits per heavy atom. The molecule has 0 amide bonds. The van der Waals surface area contributed by atoms with Gasteiger partial charge in [0.1, 0.15) is 0 Å². The van der Waals surface area contributed by atoms with Crippen LogP contribution >= 0.6 is 0 Å². The van der Waals surface area contributed by atoms with Gasteiger partial charge in [0.15, 0.2) is 0 Å². The first-order chi connectivity index (χ1) is 5.15. The minimum Gasteiger partial charge on any atom is -0.672 e. The van der Waals surface area contributed by atoms with Crippen molar-refractivity contribution < 1.29 is 88.1 Å². The molecule has 0 aliphatic heterocycles. The monoisotopic (exact) mass is 228 g/mol. The summed E-state index contributed by atoms with van der Waals surface area (Å²) in [7, 11) is -3.63. The molecule has 0 unspecified atom stereocenters. The maximum atomic E-state index is 8.52. The van der Waals surface area contributed by atoms with Crippen molar-refractivity contribution in [3.05, 3.63) is 0 Å². The van der Waals surface area contributed by atoms with Crippen molar-refractivity contribution in [2.24, 2.45) is 0 Å². The van der Waals surface area contributed by atoms with Crippen molar-refractivity contribution >= 4 is 9.17 Å². The molecule has 0 fully saturated rings. The molecule has 0 spiro atoms. The minimum atomic E-state index is -3.63. The summed E-state index contributed by atoms with van der Waals surface area (Å²) in [4.78, 5) is 17.0. The average Bonchev–Trinajstić information content (AvgIpc) is 1.88. The largest absolute Gasteiger partial charge is 1.00 e. The Labute approximate surface area is 122 Å². The van der Waals surface area contributed by atoms with Gasteiger partial charge in [-0.2, -0.15) is 0 Å². The Balaban J connectivity index is -0.0000000600. The summed E-state index contributed by atoms with van der Waals surface area (Å²) in [5.74, 6) is 0. The number of rotatable bonds is 4. The predicted octanol–water partition coefficient (Wildman–Crippen LogP) is -9.88. The van der Waals surface area contributed by atoms with Crippen LogP contribution < -0.4 is 68.7 Å². The zero-order valence-electron chi connectivity index (χ0n) is 7.86. The second-order valence-electron chi connectivity index (χ2n) is 1.31. The van der Waals surface area contributed by atoms with E-state index in [1.807, 2.05) is 0 Å². The number of aliphatic hydroxyl groups excluding tert-OH is 2. The van der Waals surface area contributed by atoms with Crippen molar-refractivity contribution in [3.63, 3.8) is 0 Å². The SMILES string of the molecule is O=[Si]([O-])[O-].OCCOCCO.[Na+].[Na+]. The molecule has 0 aromatic heterocycles. The van der Waals surface area contributed by atoms with Gasteiger partial charge in [-0.25, -0.2) is 0 Å². The van der Waals surface area contributed by atoms with Gasteiger partial charge in [0.2, 0.25) is 0 Å². The van der Waals surface area contributed by atoms with Crippen LogP contribution in [0.15, 0.2) is 0 Å². The van der Waals surface area contributed by atoms with E-state index >= 15 is 0 Å². The molecule has 0 saturated carbocycles. The van der Waals surface area contributed by atoms with Gasteiger partial charge in [-0.15, -0.1) is 0 Å². The van der Waals surface area contributed by atoms with E-state index in [-0.39, 0.29) is 72.3 Å². The van der Waals surface area contributed by atoms with Crippen LogP contribution in [0.4, 0.5) is 0 Å². The predicted molar refractivity (Wildman–Crippen MR) is 31.4 cm³/mol. The van der Waals surface area contributed by atoms with E-state index < -0.39 is 9.17 Å². The van der Waals surface area contributed by atoms with Gasteiger partial charge in [0.25, 0.3) is 0 Å². The molecule has 0 aliphatic carbocycles. The first-order valence-corrected chi connectivity index (χ1v) is 4.05. The molecule has 0 radical (unpaired) electrons. The van der Waals surface area contributed by atoms with Crippen LogP contribution in [0.2, 0.25) is 0 Å². The molecule has 0 rings (SSSR count). The molecule has 0 aromatic carbocycles. The maximum absolute atomic E-state index is 8.52. The van der Waals surface area contributed by atoms with Crippen LogP contribution in [-0.4, -0.2) is 45.8 Å². The first-order valence-electron chi connectivity index (χ1n) is 2.82. The van der Waals surface area contributed by atoms with E-state index in [1.165, 1.54) is 0 Å². The smallest absolute Gasteiger partial charge is 0.672 e. The first kappa shape index (κ1) is 24.0. The quantitative estimate of drug-likeness (QED) is 0.365. The molecule has 2 N–H and O–H groups in total. The topological polar surface area (TPSA) is 113 Å². The Kier molecular flexibility index (Phi) is 43.1. The third-order valence-electron chi connectivity index (χ3n) is 0.471. The van der Waals surface area contributed by atoms with Crippen molar-refractivity contribution in [2.75, 3.05) is 26.4 Å². The number of aliphatic hydroxyl groups is 2. The molecule has 6 nitrogen and oxygen atoms in total. The molecule has 0 heterocycles. The van der Waals surface area contributed by atoms with E-state index in [0.29, 0.717) is 13.2 Å². The molecule has 0 saturated heterocycles. The van der Waals surface area contributed by atoms with Crippen molar-refractivity contribution in [2.45, 2.75) is 0 Å². The van der Waals surface area contributed by atoms with E-state index in [1.54, 1.807) is 0 Å². The minimum absolute atomic E-state index is 0. The van der Waals surface area contributed by atoms with Crippen LogP contribution in [-0.2, 0) is 9.20 Å². The van der Waals surface area contributed by atoms with Crippen LogP contribution in [0, 0.1) is 0 Å². The molecule has 0 atom stereocenters. The zero-order valence-corrected chi connectivity index (χ0v) is 12.9. The van der Waals surface area contributed by atoms with Gasteiger partial charge in [-0.1, -0.05) is 0 Å². The van der Waals surface area contributed by atoms with Gasteiger partial charge in [-0.05, 0) is 0 Å². The third kappa shape index (κ3) is 59.0. The van der Waals surface area contributed by atoms with Crippen molar-refractivity contribution in [1.29, 1.82) is 0 Å². The summed E-state index contributed by atoms with van der Waals surface area (Å²) in [5, 5.41) is 16.2. The van der Waals surface area contributed by atoms with Gasteiger partial charge < -0.3 is 29.0 Å². The summed E-state index contributed by atoms with van der Waals surface area (Å²) in [6.07, 6.45) is 0. The Morgan fingerprint density at radius 3 is 1.46 bits per heavy atom. The van der Waals surface area contributed by atoms with Crippen LogP contribution in [0.3, 0.4) is 0 Å². The Bertz CT molecular complexity index is 86.7. The van der Waals surface area contributed by atoms with Crippen LogP contribution in [0.5, 0.6) is 0 Å². The molecule has 13 heavy (non-hydrogen) atoms. The molecule has 68 valence electrons. The Hall–Kier alpha value is 1.50. The Morgan fingerprint density at radius 2 is 1.31 bits per heavy atom. The fourth-order valence-electron chi connectivity index (χ4n) is 0.231. The molecule has 0 bridgehead atoms. The third-order valence-corrected chi connectivity index (χ3v) is 0.471. The summed E-state index contributed by atoms with van der Waals surface area (Å²) in [6.45, 7) is 0.696. The van der Waals surface area contributed by atoms with Gasteiger partial charge >= 0.3 is 59.1 Å². The standard InChI is InChI=1S/C4H10O3.2Na.O3Si/c5-1-3-7-4-2-6;;;1-4(2)3/h5-6H,1-4H2;;;/q;2*+1;-2. The van der Waals surface area contributed by atoms with Crippen molar-refractivity contribution in [3.8, 4) is 0 Å². The van der Waals surface area contributed by atoms with E-state index in [9.17, 15) is 0 Å². The molecular formula is C4H10Na2O6Si. The zero-order chi connectivity index (χ0) is 9.11. The normalized spacial score (nSPS) is 6.92. The van der Waals surface area contributed by atoms with E-state index in [2.05, 4.69) is 4.74 Å². The van der Waals surface area contributed by atoms with Crippen LogP contribution in [0.25, 0.3) is 0 Å². The number of hydrogen-bond donors (Lipinski definition) is 2. The fourth-order valence-corrected chi connectivity index (χ4v) is 0.231. The molecule has 0 aromatic rings. The van der Waals surface area contributed by atoms with Gasteiger partial charge in [0.05, 0.1) is 26.4 Å². The summed E-state index contributed by atoms with van der Waals surface area (Å²) >= 11 is 0. The molecule has 9 heteroatoms. The second-order valence-corrected chi connectivity index (χ2v) is 1.81. The maximum Gasteiger partial charge on any atom is 1.00 e. The summed E-state index contributed by atoms with van der Waals surface area (Å²) in [6, 6.07) is 0. The summed E-state index contributed by atoms with van der Waals surface area (Å²) in [5.41, 5.74) is 0.